The Morgan fingerprint density at radius 1 is 1.29 bits per heavy atom. The Morgan fingerprint density at radius 2 is 2.10 bits per heavy atom. The Kier molecular flexibility index (Phi) is 3.31. The van der Waals surface area contributed by atoms with Gasteiger partial charge in [-0.2, -0.15) is 0 Å². The number of carbonyl (C=O) groups excluding carboxylic acids is 1. The number of thiazole rings is 1. The SMILES string of the molecule is Cc1cc(C)c2oc(C(=O)Nc3nccs3)cc(=O)c2c1. The van der Waals surface area contributed by atoms with Crippen molar-refractivity contribution < 1.29 is 9.21 Å². The zero-order chi connectivity index (χ0) is 15.0. The van der Waals surface area contributed by atoms with E-state index in [1.54, 1.807) is 17.6 Å². The number of aryl methyl sites for hydroxylation is 2. The Labute approximate surface area is 124 Å². The number of fused-ring (bicyclic) bond motifs is 1. The van der Waals surface area contributed by atoms with Crippen LogP contribution in [-0.2, 0) is 0 Å². The normalized spacial score (nSPS) is 10.8. The van der Waals surface area contributed by atoms with Crippen molar-refractivity contribution in [1.29, 1.82) is 0 Å². The van der Waals surface area contributed by atoms with Crippen LogP contribution >= 0.6 is 11.3 Å². The zero-order valence-corrected chi connectivity index (χ0v) is 12.3. The summed E-state index contributed by atoms with van der Waals surface area (Å²) in [5.41, 5.74) is 2.02. The second-order valence-corrected chi connectivity index (χ2v) is 5.62. The topological polar surface area (TPSA) is 72.2 Å². The highest BCUT2D eigenvalue weighted by Crippen LogP contribution is 2.20. The fourth-order valence-corrected chi connectivity index (χ4v) is 2.69. The molecular weight excluding hydrogens is 288 g/mol. The lowest BCUT2D eigenvalue weighted by atomic mass is 10.1. The van der Waals surface area contributed by atoms with Crippen molar-refractivity contribution in [2.24, 2.45) is 0 Å². The molecular formula is C15H12N2O3S. The Morgan fingerprint density at radius 3 is 2.81 bits per heavy atom. The van der Waals surface area contributed by atoms with Gasteiger partial charge in [0.1, 0.15) is 5.58 Å². The van der Waals surface area contributed by atoms with Crippen molar-refractivity contribution in [1.82, 2.24) is 4.98 Å². The van der Waals surface area contributed by atoms with Gasteiger partial charge in [-0.15, -0.1) is 11.3 Å². The minimum Gasteiger partial charge on any atom is -0.450 e. The summed E-state index contributed by atoms with van der Waals surface area (Å²) >= 11 is 1.30. The van der Waals surface area contributed by atoms with Crippen LogP contribution in [-0.4, -0.2) is 10.9 Å². The molecule has 3 aromatic rings. The summed E-state index contributed by atoms with van der Waals surface area (Å²) in [7, 11) is 0. The average molecular weight is 300 g/mol. The minimum absolute atomic E-state index is 0.0188. The standard InChI is InChI=1S/C15H12N2O3S/c1-8-5-9(2)13-10(6-8)11(18)7-12(20-13)14(19)17-15-16-3-4-21-15/h3-7H,1-2H3,(H,16,17,19). The summed E-state index contributed by atoms with van der Waals surface area (Å²) in [5.74, 6) is -0.501. The van der Waals surface area contributed by atoms with Crippen LogP contribution in [0.2, 0.25) is 0 Å². The fraction of sp³-hybridized carbons (Fsp3) is 0.133. The first-order valence-corrected chi connectivity index (χ1v) is 7.18. The summed E-state index contributed by atoms with van der Waals surface area (Å²) in [5, 5.41) is 5.29. The predicted octanol–water partition coefficient (Wildman–Crippen LogP) is 3.12. The Hall–Kier alpha value is -2.47. The Balaban J connectivity index is 2.08. The highest BCUT2D eigenvalue weighted by Gasteiger charge is 2.14. The van der Waals surface area contributed by atoms with Crippen molar-refractivity contribution >= 4 is 33.3 Å². The van der Waals surface area contributed by atoms with Gasteiger partial charge < -0.3 is 4.42 Å². The maximum atomic E-state index is 12.2. The van der Waals surface area contributed by atoms with Crippen molar-refractivity contribution in [2.45, 2.75) is 13.8 Å². The van der Waals surface area contributed by atoms with Gasteiger partial charge in [0, 0.05) is 17.6 Å². The van der Waals surface area contributed by atoms with Crippen molar-refractivity contribution in [3.05, 3.63) is 56.9 Å². The molecule has 0 saturated carbocycles. The van der Waals surface area contributed by atoms with E-state index in [4.69, 9.17) is 4.42 Å². The number of hydrogen-bond acceptors (Lipinski definition) is 5. The third-order valence-corrected chi connectivity index (χ3v) is 3.72. The molecule has 1 amide bonds. The maximum Gasteiger partial charge on any atom is 0.293 e. The smallest absolute Gasteiger partial charge is 0.293 e. The number of aromatic nitrogens is 1. The molecule has 0 saturated heterocycles. The van der Waals surface area contributed by atoms with Crippen LogP contribution in [0.1, 0.15) is 21.7 Å². The molecule has 0 unspecified atom stereocenters. The van der Waals surface area contributed by atoms with E-state index in [1.807, 2.05) is 19.9 Å². The van der Waals surface area contributed by atoms with Crippen LogP contribution in [0.25, 0.3) is 11.0 Å². The van der Waals surface area contributed by atoms with E-state index in [0.29, 0.717) is 16.1 Å². The molecule has 0 bridgehead atoms. The second-order valence-electron chi connectivity index (χ2n) is 4.72. The number of benzene rings is 1. The molecule has 0 fully saturated rings. The lowest BCUT2D eigenvalue weighted by Gasteiger charge is -2.06. The predicted molar refractivity (Wildman–Crippen MR) is 82.0 cm³/mol. The van der Waals surface area contributed by atoms with Crippen LogP contribution in [0, 0.1) is 13.8 Å². The van der Waals surface area contributed by atoms with E-state index in [-0.39, 0.29) is 11.2 Å². The molecule has 6 heteroatoms. The second kappa shape index (κ2) is 5.14. The van der Waals surface area contributed by atoms with E-state index in [9.17, 15) is 9.59 Å². The molecule has 0 atom stereocenters. The number of rotatable bonds is 2. The largest absolute Gasteiger partial charge is 0.450 e. The first-order chi connectivity index (χ1) is 10.0. The van der Waals surface area contributed by atoms with Gasteiger partial charge in [-0.05, 0) is 31.0 Å². The van der Waals surface area contributed by atoms with Gasteiger partial charge in [-0.25, -0.2) is 4.98 Å². The monoisotopic (exact) mass is 300 g/mol. The first-order valence-electron chi connectivity index (χ1n) is 6.30. The van der Waals surface area contributed by atoms with Crippen molar-refractivity contribution in [3.8, 4) is 0 Å². The van der Waals surface area contributed by atoms with Crippen LogP contribution < -0.4 is 10.7 Å². The lowest BCUT2D eigenvalue weighted by molar-refractivity contribution is 0.0997. The van der Waals surface area contributed by atoms with Crippen LogP contribution in [0.4, 0.5) is 5.13 Å². The first kappa shape index (κ1) is 13.5. The van der Waals surface area contributed by atoms with E-state index >= 15 is 0 Å². The van der Waals surface area contributed by atoms with Gasteiger partial charge in [-0.1, -0.05) is 6.07 Å². The number of carbonyl (C=O) groups is 1. The molecule has 0 radical (unpaired) electrons. The van der Waals surface area contributed by atoms with Gasteiger partial charge in [0.05, 0.1) is 5.39 Å². The van der Waals surface area contributed by atoms with Crippen molar-refractivity contribution in [2.75, 3.05) is 5.32 Å². The molecule has 106 valence electrons. The molecule has 0 aliphatic carbocycles. The highest BCUT2D eigenvalue weighted by molar-refractivity contribution is 7.13. The van der Waals surface area contributed by atoms with E-state index in [0.717, 1.165) is 11.1 Å². The molecule has 5 nitrogen and oxygen atoms in total. The summed E-state index contributed by atoms with van der Waals surface area (Å²) in [4.78, 5) is 28.2. The molecule has 0 spiro atoms. The summed E-state index contributed by atoms with van der Waals surface area (Å²) in [6.07, 6.45) is 1.59. The summed E-state index contributed by atoms with van der Waals surface area (Å²) < 4.78 is 5.60. The van der Waals surface area contributed by atoms with Gasteiger partial charge in [0.2, 0.25) is 0 Å². The zero-order valence-electron chi connectivity index (χ0n) is 11.5. The van der Waals surface area contributed by atoms with Crippen molar-refractivity contribution in [3.63, 3.8) is 0 Å². The minimum atomic E-state index is -0.482. The maximum absolute atomic E-state index is 12.2. The Bertz CT molecular complexity index is 882. The van der Waals surface area contributed by atoms with Crippen LogP contribution in [0.15, 0.2) is 39.0 Å². The average Bonchev–Trinajstić information content (AvgIpc) is 2.92. The van der Waals surface area contributed by atoms with E-state index in [2.05, 4.69) is 10.3 Å². The van der Waals surface area contributed by atoms with E-state index < -0.39 is 5.91 Å². The van der Waals surface area contributed by atoms with Crippen LogP contribution in [0.5, 0.6) is 0 Å². The van der Waals surface area contributed by atoms with Gasteiger partial charge in [0.15, 0.2) is 16.3 Å². The summed E-state index contributed by atoms with van der Waals surface area (Å²) in [6, 6.07) is 4.88. The quantitative estimate of drug-likeness (QED) is 0.789. The van der Waals surface area contributed by atoms with E-state index in [1.165, 1.54) is 17.4 Å². The molecule has 1 aromatic carbocycles. The molecule has 2 heterocycles. The molecule has 3 rings (SSSR count). The highest BCUT2D eigenvalue weighted by atomic mass is 32.1. The fourth-order valence-electron chi connectivity index (χ4n) is 2.16. The van der Waals surface area contributed by atoms with Gasteiger partial charge >= 0.3 is 0 Å². The number of amides is 1. The molecule has 2 aromatic heterocycles. The number of nitrogens with one attached hydrogen (secondary N) is 1. The number of anilines is 1. The molecule has 0 aliphatic rings. The third kappa shape index (κ3) is 2.57. The lowest BCUT2D eigenvalue weighted by Crippen LogP contribution is -2.15. The number of nitrogens with zero attached hydrogens (tertiary/aromatic N) is 1. The molecule has 21 heavy (non-hydrogen) atoms. The van der Waals surface area contributed by atoms with Gasteiger partial charge in [0.25, 0.3) is 5.91 Å². The van der Waals surface area contributed by atoms with Gasteiger partial charge in [-0.3, -0.25) is 14.9 Å². The third-order valence-electron chi connectivity index (χ3n) is 3.04. The molecule has 0 aliphatic heterocycles. The van der Waals surface area contributed by atoms with Crippen LogP contribution in [0.3, 0.4) is 0 Å². The number of hydrogen-bond donors (Lipinski definition) is 1. The summed E-state index contributed by atoms with van der Waals surface area (Å²) in [6.45, 7) is 3.76. The molecule has 1 N–H and O–H groups in total.